The summed E-state index contributed by atoms with van der Waals surface area (Å²) in [5, 5.41) is 13.4. The Labute approximate surface area is 188 Å². The van der Waals surface area contributed by atoms with E-state index in [2.05, 4.69) is 15.5 Å². The highest BCUT2D eigenvalue weighted by Crippen LogP contribution is 2.35. The predicted molar refractivity (Wildman–Crippen MR) is 121 cm³/mol. The summed E-state index contributed by atoms with van der Waals surface area (Å²) in [5.41, 5.74) is 2.10. The van der Waals surface area contributed by atoms with Gasteiger partial charge in [0.15, 0.2) is 5.82 Å². The van der Waals surface area contributed by atoms with Gasteiger partial charge in [0.25, 0.3) is 0 Å². The van der Waals surface area contributed by atoms with E-state index in [4.69, 9.17) is 0 Å². The Morgan fingerprint density at radius 1 is 1.12 bits per heavy atom. The zero-order valence-electron chi connectivity index (χ0n) is 18.6. The van der Waals surface area contributed by atoms with Crippen molar-refractivity contribution in [3.05, 3.63) is 63.7 Å². The van der Waals surface area contributed by atoms with E-state index in [1.807, 2.05) is 23.6 Å². The fraction of sp³-hybridized carbons (Fsp3) is 0.375. The van der Waals surface area contributed by atoms with Crippen LogP contribution >= 0.6 is 0 Å². The van der Waals surface area contributed by atoms with E-state index in [0.717, 1.165) is 46.8 Å². The van der Waals surface area contributed by atoms with E-state index in [1.54, 1.807) is 24.6 Å². The number of hydrogen-bond donors (Lipinski definition) is 1. The average Bonchev–Trinajstić information content (AvgIpc) is 3.58. The minimum Gasteiger partial charge on any atom is -0.362 e. The first-order valence-electron chi connectivity index (χ1n) is 10.9. The van der Waals surface area contributed by atoms with Crippen LogP contribution in [0.2, 0.25) is 0 Å². The number of fused-ring (bicyclic) bond motifs is 2. The molecule has 1 aliphatic carbocycles. The lowest BCUT2D eigenvalue weighted by molar-refractivity contribution is -0.137. The fourth-order valence-corrected chi connectivity index (χ4v) is 4.29. The Hall–Kier alpha value is -3.36. The van der Waals surface area contributed by atoms with Gasteiger partial charge >= 0.3 is 11.9 Å². The topological polar surface area (TPSA) is 64.7 Å². The van der Waals surface area contributed by atoms with Gasteiger partial charge in [0.1, 0.15) is 0 Å². The largest absolute Gasteiger partial charge is 0.416 e. The van der Waals surface area contributed by atoms with Gasteiger partial charge in [-0.2, -0.15) is 18.3 Å². The van der Waals surface area contributed by atoms with Crippen LogP contribution in [0.1, 0.15) is 42.6 Å². The lowest BCUT2D eigenvalue weighted by Crippen LogP contribution is -2.22. The van der Waals surface area contributed by atoms with Crippen LogP contribution in [0.15, 0.2) is 41.2 Å². The second kappa shape index (κ2) is 7.60. The number of halogens is 3. The summed E-state index contributed by atoms with van der Waals surface area (Å²) in [6, 6.07) is 8.70. The predicted octanol–water partition coefficient (Wildman–Crippen LogP) is 5.19. The zero-order chi connectivity index (χ0) is 23.5. The molecular formula is C24H24F3N5O. The Balaban J connectivity index is 1.60. The summed E-state index contributed by atoms with van der Waals surface area (Å²) in [5.74, 6) is 0.997. The molecule has 4 aromatic rings. The highest BCUT2D eigenvalue weighted by Gasteiger charge is 2.31. The van der Waals surface area contributed by atoms with E-state index >= 15 is 0 Å². The standard InChI is InChI=1S/C24H24F3N5O/c1-13(16-5-4-6-17(9-16)24(25,26)27)28-22-19-11-21-20(10-18(19)14(2)29-30-22)31(3)23(33)32(21)12-15-7-8-15/h4-6,9-11,13,15H,7-8,12H2,1-3H3,(H,28,30)/t13-/m1/s1. The highest BCUT2D eigenvalue weighted by atomic mass is 19.4. The first kappa shape index (κ1) is 21.5. The van der Waals surface area contributed by atoms with Crippen molar-refractivity contribution in [3.8, 4) is 0 Å². The summed E-state index contributed by atoms with van der Waals surface area (Å²) in [6.07, 6.45) is -2.15. The Morgan fingerprint density at radius 2 is 1.85 bits per heavy atom. The maximum atomic E-state index is 13.2. The Kier molecular flexibility index (Phi) is 4.95. The van der Waals surface area contributed by atoms with Gasteiger partial charge in [-0.25, -0.2) is 4.79 Å². The smallest absolute Gasteiger partial charge is 0.362 e. The van der Waals surface area contributed by atoms with Crippen molar-refractivity contribution in [1.29, 1.82) is 0 Å². The van der Waals surface area contributed by atoms with Crippen LogP contribution in [-0.2, 0) is 19.8 Å². The van der Waals surface area contributed by atoms with Crippen LogP contribution in [0, 0.1) is 12.8 Å². The molecule has 0 radical (unpaired) electrons. The summed E-state index contributed by atoms with van der Waals surface area (Å²) >= 11 is 0. The van der Waals surface area contributed by atoms with Crippen LogP contribution in [0.5, 0.6) is 0 Å². The van der Waals surface area contributed by atoms with E-state index < -0.39 is 17.8 Å². The number of benzene rings is 2. The quantitative estimate of drug-likeness (QED) is 0.450. The molecule has 0 spiro atoms. The second-order valence-electron chi connectivity index (χ2n) is 8.91. The summed E-state index contributed by atoms with van der Waals surface area (Å²) in [4.78, 5) is 12.9. The lowest BCUT2D eigenvalue weighted by Gasteiger charge is -2.18. The number of aromatic nitrogens is 4. The number of hydrogen-bond acceptors (Lipinski definition) is 4. The normalized spacial score (nSPS) is 15.3. The van der Waals surface area contributed by atoms with Crippen molar-refractivity contribution in [3.63, 3.8) is 0 Å². The van der Waals surface area contributed by atoms with E-state index in [9.17, 15) is 18.0 Å². The maximum Gasteiger partial charge on any atom is 0.416 e. The van der Waals surface area contributed by atoms with Gasteiger partial charge in [-0.15, -0.1) is 5.10 Å². The van der Waals surface area contributed by atoms with Crippen molar-refractivity contribution in [2.45, 2.75) is 45.5 Å². The van der Waals surface area contributed by atoms with Crippen LogP contribution in [0.25, 0.3) is 21.8 Å². The number of rotatable bonds is 5. The molecule has 5 rings (SSSR count). The van der Waals surface area contributed by atoms with Gasteiger partial charge in [0.05, 0.1) is 28.3 Å². The molecule has 1 aliphatic rings. The summed E-state index contributed by atoms with van der Waals surface area (Å²) < 4.78 is 42.9. The van der Waals surface area contributed by atoms with Gasteiger partial charge in [0, 0.05) is 24.4 Å². The van der Waals surface area contributed by atoms with Gasteiger partial charge in [-0.1, -0.05) is 12.1 Å². The zero-order valence-corrected chi connectivity index (χ0v) is 18.6. The molecule has 0 amide bonds. The average molecular weight is 455 g/mol. The van der Waals surface area contributed by atoms with Crippen LogP contribution in [-0.4, -0.2) is 19.3 Å². The molecule has 0 aliphatic heterocycles. The van der Waals surface area contributed by atoms with E-state index in [0.29, 0.717) is 29.5 Å². The minimum absolute atomic E-state index is 0.0578. The molecule has 0 unspecified atom stereocenters. The number of aryl methyl sites for hydroxylation is 2. The van der Waals surface area contributed by atoms with E-state index in [1.165, 1.54) is 6.07 Å². The fourth-order valence-electron chi connectivity index (χ4n) is 4.29. The molecule has 1 saturated carbocycles. The van der Waals surface area contributed by atoms with Gasteiger partial charge in [0.2, 0.25) is 0 Å². The van der Waals surface area contributed by atoms with Gasteiger partial charge < -0.3 is 5.32 Å². The Bertz CT molecular complexity index is 1430. The number of nitrogens with one attached hydrogen (secondary N) is 1. The van der Waals surface area contributed by atoms with Crippen molar-refractivity contribution in [2.75, 3.05) is 5.32 Å². The first-order chi connectivity index (χ1) is 15.6. The van der Waals surface area contributed by atoms with Crippen LogP contribution in [0.4, 0.5) is 19.0 Å². The van der Waals surface area contributed by atoms with Crippen molar-refractivity contribution in [1.82, 2.24) is 19.3 Å². The monoisotopic (exact) mass is 455 g/mol. The molecule has 33 heavy (non-hydrogen) atoms. The lowest BCUT2D eigenvalue weighted by atomic mass is 10.0. The van der Waals surface area contributed by atoms with Crippen LogP contribution < -0.4 is 11.0 Å². The van der Waals surface area contributed by atoms with Crippen molar-refractivity contribution in [2.24, 2.45) is 13.0 Å². The third-order valence-electron chi connectivity index (χ3n) is 6.43. The summed E-state index contributed by atoms with van der Waals surface area (Å²) in [6.45, 7) is 4.32. The van der Waals surface area contributed by atoms with Gasteiger partial charge in [-0.3, -0.25) is 9.13 Å². The molecule has 9 heteroatoms. The van der Waals surface area contributed by atoms with Gasteiger partial charge in [-0.05, 0) is 62.4 Å². The molecule has 0 saturated heterocycles. The number of alkyl halides is 3. The molecule has 2 aromatic carbocycles. The number of nitrogens with zero attached hydrogens (tertiary/aromatic N) is 4. The second-order valence-corrected chi connectivity index (χ2v) is 8.91. The molecule has 172 valence electrons. The minimum atomic E-state index is -4.41. The SMILES string of the molecule is Cc1nnc(N[C@H](C)c2cccc(C(F)(F)F)c2)c2cc3c(cc12)n(C)c(=O)n3CC1CC1. The van der Waals surface area contributed by atoms with Crippen molar-refractivity contribution < 1.29 is 13.2 Å². The third kappa shape index (κ3) is 3.85. The highest BCUT2D eigenvalue weighted by molar-refractivity contribution is 6.01. The van der Waals surface area contributed by atoms with E-state index in [-0.39, 0.29) is 5.69 Å². The first-order valence-corrected chi connectivity index (χ1v) is 10.9. The molecule has 6 nitrogen and oxygen atoms in total. The maximum absolute atomic E-state index is 13.2. The van der Waals surface area contributed by atoms with Crippen LogP contribution in [0.3, 0.4) is 0 Å². The van der Waals surface area contributed by atoms with Crippen molar-refractivity contribution >= 4 is 27.6 Å². The molecule has 2 heterocycles. The molecule has 1 fully saturated rings. The molecule has 1 N–H and O–H groups in total. The number of imidazole rings is 1. The molecular weight excluding hydrogens is 431 g/mol. The summed E-state index contributed by atoms with van der Waals surface area (Å²) in [7, 11) is 1.76. The third-order valence-corrected chi connectivity index (χ3v) is 6.43. The molecule has 0 bridgehead atoms. The molecule has 2 aromatic heterocycles. The number of anilines is 1. The molecule has 1 atom stereocenters. The Morgan fingerprint density at radius 3 is 2.55 bits per heavy atom.